The summed E-state index contributed by atoms with van der Waals surface area (Å²) in [7, 11) is 0.907. The van der Waals surface area contributed by atoms with Crippen molar-refractivity contribution in [1.29, 1.82) is 0 Å². The molecule has 1 saturated carbocycles. The van der Waals surface area contributed by atoms with Gasteiger partial charge in [-0.05, 0) is 73.1 Å². The molecule has 7 nitrogen and oxygen atoms in total. The topological polar surface area (TPSA) is 74.2 Å². The van der Waals surface area contributed by atoms with Gasteiger partial charge in [0.1, 0.15) is 5.60 Å². The molecule has 2 aliphatic rings. The van der Waals surface area contributed by atoms with E-state index in [1.807, 2.05) is 46.4 Å². The van der Waals surface area contributed by atoms with Crippen LogP contribution >= 0.6 is 0 Å². The number of guanidine groups is 1. The standard InChI is InChI=1S/C22H42N4O3S/c1-21(2,3)29-20(27)26(16-17-8-9-17)18-10-13-25(14-11-18)19(23-7)24-12-15-30(28)22(4,5)6/h17-18H,8-16H2,1-7H3,(H,23,24). The van der Waals surface area contributed by atoms with Gasteiger partial charge in [0.15, 0.2) is 5.96 Å². The van der Waals surface area contributed by atoms with Gasteiger partial charge in [-0.3, -0.25) is 9.20 Å². The third-order valence-electron chi connectivity index (χ3n) is 5.45. The Hall–Kier alpha value is -1.31. The van der Waals surface area contributed by atoms with Crippen molar-refractivity contribution in [2.45, 2.75) is 83.6 Å². The number of likely N-dealkylation sites (tertiary alicyclic amines) is 1. The maximum atomic E-state index is 12.8. The van der Waals surface area contributed by atoms with Crippen LogP contribution in [-0.4, -0.2) is 81.4 Å². The van der Waals surface area contributed by atoms with Crippen molar-refractivity contribution in [3.05, 3.63) is 0 Å². The Balaban J connectivity index is 1.87. The molecule has 2 fully saturated rings. The predicted molar refractivity (Wildman–Crippen MR) is 124 cm³/mol. The molecule has 1 unspecified atom stereocenters. The van der Waals surface area contributed by atoms with E-state index in [9.17, 15) is 9.00 Å². The van der Waals surface area contributed by atoms with Gasteiger partial charge in [0, 0.05) is 60.6 Å². The lowest BCUT2D eigenvalue weighted by atomic mass is 10.0. The number of carbonyl (C=O) groups excluding carboxylic acids is 1. The fourth-order valence-electron chi connectivity index (χ4n) is 3.56. The zero-order valence-corrected chi connectivity index (χ0v) is 20.8. The molecule has 1 aliphatic heterocycles. The first-order valence-corrected chi connectivity index (χ1v) is 12.6. The second-order valence-electron chi connectivity index (χ2n) is 10.4. The maximum Gasteiger partial charge on any atom is 0.410 e. The largest absolute Gasteiger partial charge is 0.444 e. The average Bonchev–Trinajstić information content (AvgIpc) is 3.45. The fourth-order valence-corrected chi connectivity index (χ4v) is 4.45. The van der Waals surface area contributed by atoms with E-state index in [0.717, 1.165) is 38.4 Å². The lowest BCUT2D eigenvalue weighted by molar-refractivity contribution is 0.00929. The Bertz CT molecular complexity index is 627. The van der Waals surface area contributed by atoms with Crippen molar-refractivity contribution >= 4 is 22.9 Å². The first kappa shape index (κ1) is 25.0. The molecule has 1 atom stereocenters. The van der Waals surface area contributed by atoms with Crippen LogP contribution in [0, 0.1) is 5.92 Å². The van der Waals surface area contributed by atoms with Crippen LogP contribution in [0.5, 0.6) is 0 Å². The first-order valence-electron chi connectivity index (χ1n) is 11.2. The van der Waals surface area contributed by atoms with Crippen molar-refractivity contribution in [3.8, 4) is 0 Å². The van der Waals surface area contributed by atoms with Gasteiger partial charge in [-0.25, -0.2) is 4.79 Å². The lowest BCUT2D eigenvalue weighted by Crippen LogP contribution is -2.53. The summed E-state index contributed by atoms with van der Waals surface area (Å²) in [4.78, 5) is 21.4. The second kappa shape index (κ2) is 10.3. The lowest BCUT2D eigenvalue weighted by Gasteiger charge is -2.40. The Morgan fingerprint density at radius 3 is 2.20 bits per heavy atom. The average molecular weight is 443 g/mol. The molecule has 1 aliphatic carbocycles. The molecule has 30 heavy (non-hydrogen) atoms. The summed E-state index contributed by atoms with van der Waals surface area (Å²) in [6.07, 6.45) is 4.05. The summed E-state index contributed by atoms with van der Waals surface area (Å²) in [6, 6.07) is 0.211. The molecule has 0 aromatic heterocycles. The van der Waals surface area contributed by atoms with Gasteiger partial charge in [0.2, 0.25) is 0 Å². The molecule has 1 saturated heterocycles. The molecule has 8 heteroatoms. The van der Waals surface area contributed by atoms with Crippen molar-refractivity contribution in [3.63, 3.8) is 0 Å². The zero-order valence-electron chi connectivity index (χ0n) is 20.0. The Morgan fingerprint density at radius 1 is 1.13 bits per heavy atom. The van der Waals surface area contributed by atoms with Gasteiger partial charge in [0.05, 0.1) is 0 Å². The van der Waals surface area contributed by atoms with Crippen LogP contribution in [0.1, 0.15) is 67.2 Å². The highest BCUT2D eigenvalue weighted by Gasteiger charge is 2.35. The Labute approximate surface area is 185 Å². The highest BCUT2D eigenvalue weighted by molar-refractivity contribution is 7.86. The van der Waals surface area contributed by atoms with Crippen LogP contribution in [0.25, 0.3) is 0 Å². The van der Waals surface area contributed by atoms with Crippen LogP contribution in [0.15, 0.2) is 4.99 Å². The quantitative estimate of drug-likeness (QED) is 0.505. The summed E-state index contributed by atoms with van der Waals surface area (Å²) in [5.74, 6) is 2.09. The van der Waals surface area contributed by atoms with Crippen LogP contribution < -0.4 is 5.32 Å². The molecular formula is C22H42N4O3S. The minimum Gasteiger partial charge on any atom is -0.444 e. The van der Waals surface area contributed by atoms with Crippen molar-refractivity contribution < 1.29 is 13.7 Å². The first-order chi connectivity index (χ1) is 13.9. The molecule has 0 spiro atoms. The molecule has 1 N–H and O–H groups in total. The highest BCUT2D eigenvalue weighted by Crippen LogP contribution is 2.32. The van der Waals surface area contributed by atoms with Crippen molar-refractivity contribution in [2.24, 2.45) is 10.9 Å². The van der Waals surface area contributed by atoms with E-state index in [-0.39, 0.29) is 16.9 Å². The van der Waals surface area contributed by atoms with E-state index in [1.165, 1.54) is 12.8 Å². The van der Waals surface area contributed by atoms with Gasteiger partial charge < -0.3 is 19.9 Å². The minimum absolute atomic E-state index is 0.181. The van der Waals surface area contributed by atoms with Crippen LogP contribution in [0.3, 0.4) is 0 Å². The predicted octanol–water partition coefficient (Wildman–Crippen LogP) is 3.22. The Kier molecular flexibility index (Phi) is 8.60. The van der Waals surface area contributed by atoms with E-state index in [1.54, 1.807) is 7.05 Å². The maximum absolute atomic E-state index is 12.8. The van der Waals surface area contributed by atoms with Gasteiger partial charge in [-0.1, -0.05) is 0 Å². The number of hydrogen-bond acceptors (Lipinski definition) is 4. The number of ether oxygens (including phenoxy) is 1. The van der Waals surface area contributed by atoms with Gasteiger partial charge >= 0.3 is 6.09 Å². The molecule has 1 amide bonds. The Morgan fingerprint density at radius 2 is 1.73 bits per heavy atom. The summed E-state index contributed by atoms with van der Waals surface area (Å²) >= 11 is 0. The van der Waals surface area contributed by atoms with Crippen molar-refractivity contribution in [2.75, 3.05) is 39.0 Å². The van der Waals surface area contributed by atoms with Crippen LogP contribution in [0.4, 0.5) is 4.79 Å². The summed E-state index contributed by atoms with van der Waals surface area (Å²) in [6.45, 7) is 14.9. The SMILES string of the molecule is CN=C(NCCS(=O)C(C)(C)C)N1CCC(N(CC2CC2)C(=O)OC(C)(C)C)CC1. The second-order valence-corrected chi connectivity index (χ2v) is 12.8. The zero-order chi connectivity index (χ0) is 22.5. The van der Waals surface area contributed by atoms with E-state index in [0.29, 0.717) is 18.2 Å². The van der Waals surface area contributed by atoms with Crippen LogP contribution in [-0.2, 0) is 15.5 Å². The number of carbonyl (C=O) groups is 1. The molecule has 0 aromatic rings. The number of aliphatic imine (C=N–C) groups is 1. The number of nitrogens with zero attached hydrogens (tertiary/aromatic N) is 3. The van der Waals surface area contributed by atoms with E-state index >= 15 is 0 Å². The van der Waals surface area contributed by atoms with E-state index in [2.05, 4.69) is 15.2 Å². The molecule has 1 heterocycles. The molecular weight excluding hydrogens is 400 g/mol. The number of amides is 1. The van der Waals surface area contributed by atoms with E-state index in [4.69, 9.17) is 4.74 Å². The number of hydrogen-bond donors (Lipinski definition) is 1. The van der Waals surface area contributed by atoms with Gasteiger partial charge in [0.25, 0.3) is 0 Å². The van der Waals surface area contributed by atoms with Crippen molar-refractivity contribution in [1.82, 2.24) is 15.1 Å². The minimum atomic E-state index is -0.880. The summed E-state index contributed by atoms with van der Waals surface area (Å²) in [5, 5.41) is 3.36. The fraction of sp³-hybridized carbons (Fsp3) is 0.909. The summed E-state index contributed by atoms with van der Waals surface area (Å²) in [5.41, 5.74) is -0.474. The molecule has 2 rings (SSSR count). The van der Waals surface area contributed by atoms with Crippen LogP contribution in [0.2, 0.25) is 0 Å². The monoisotopic (exact) mass is 442 g/mol. The molecule has 0 bridgehead atoms. The smallest absolute Gasteiger partial charge is 0.410 e. The number of nitrogens with one attached hydrogen (secondary N) is 1. The number of rotatable bonds is 6. The highest BCUT2D eigenvalue weighted by atomic mass is 32.2. The van der Waals surface area contributed by atoms with Gasteiger partial charge in [-0.15, -0.1) is 0 Å². The number of piperidine rings is 1. The molecule has 174 valence electrons. The molecule has 0 aromatic carbocycles. The third kappa shape index (κ3) is 8.08. The van der Waals surface area contributed by atoms with E-state index < -0.39 is 16.4 Å². The molecule has 0 radical (unpaired) electrons. The van der Waals surface area contributed by atoms with Gasteiger partial charge in [-0.2, -0.15) is 0 Å². The third-order valence-corrected chi connectivity index (χ3v) is 7.39. The normalized spacial score (nSPS) is 20.1. The summed E-state index contributed by atoms with van der Waals surface area (Å²) < 4.78 is 17.7.